The van der Waals surface area contributed by atoms with Crippen LogP contribution in [0, 0.1) is 0 Å². The van der Waals surface area contributed by atoms with Gasteiger partial charge in [-0.25, -0.2) is 8.42 Å². The van der Waals surface area contributed by atoms with Gasteiger partial charge in [0.15, 0.2) is 0 Å². The second-order valence-corrected chi connectivity index (χ2v) is 4.51. The van der Waals surface area contributed by atoms with Crippen molar-refractivity contribution in [2.75, 3.05) is 18.1 Å². The smallest absolute Gasteiger partial charge is 0.229 e. The molecule has 0 atom stereocenters. The summed E-state index contributed by atoms with van der Waals surface area (Å²) in [5.74, 6) is 0.288. The van der Waals surface area contributed by atoms with Crippen LogP contribution in [0.3, 0.4) is 0 Å². The number of methoxy groups -OCH3 is 1. The molecule has 0 unspecified atom stereocenters. The highest BCUT2D eigenvalue weighted by atomic mass is 32.2. The first-order chi connectivity index (χ1) is 6.42. The van der Waals surface area contributed by atoms with Gasteiger partial charge < -0.3 is 9.84 Å². The lowest BCUT2D eigenvalue weighted by Crippen LogP contribution is -2.09. The first-order valence-corrected chi connectivity index (χ1v) is 5.66. The molecular formula is C8H11NO4S. The van der Waals surface area contributed by atoms with Gasteiger partial charge in [0.2, 0.25) is 10.0 Å². The van der Waals surface area contributed by atoms with E-state index in [9.17, 15) is 13.5 Å². The lowest BCUT2D eigenvalue weighted by molar-refractivity contribution is 0.408. The van der Waals surface area contributed by atoms with E-state index in [1.165, 1.54) is 19.2 Å². The molecule has 0 radical (unpaired) electrons. The van der Waals surface area contributed by atoms with Crippen LogP contribution in [0.5, 0.6) is 11.5 Å². The fourth-order valence-corrected chi connectivity index (χ4v) is 1.50. The summed E-state index contributed by atoms with van der Waals surface area (Å²) in [4.78, 5) is 0. The predicted octanol–water partition coefficient (Wildman–Crippen LogP) is 0.772. The number of nitrogens with one attached hydrogen (secondary N) is 1. The minimum Gasteiger partial charge on any atom is -0.506 e. The molecule has 1 aromatic carbocycles. The highest BCUT2D eigenvalue weighted by molar-refractivity contribution is 7.92. The van der Waals surface area contributed by atoms with Gasteiger partial charge in [0.1, 0.15) is 11.5 Å². The molecule has 0 aliphatic heterocycles. The minimum atomic E-state index is -3.37. The summed E-state index contributed by atoms with van der Waals surface area (Å²) in [5.41, 5.74) is 0.133. The molecular weight excluding hydrogens is 206 g/mol. The Kier molecular flexibility index (Phi) is 2.85. The Bertz CT molecular complexity index is 427. The predicted molar refractivity (Wildman–Crippen MR) is 53.1 cm³/mol. The van der Waals surface area contributed by atoms with Crippen molar-refractivity contribution in [2.45, 2.75) is 0 Å². The van der Waals surface area contributed by atoms with Crippen molar-refractivity contribution in [3.63, 3.8) is 0 Å². The SMILES string of the molecule is COc1ccc(NS(C)(=O)=O)c(O)c1. The van der Waals surface area contributed by atoms with Gasteiger partial charge in [-0.3, -0.25) is 4.72 Å². The summed E-state index contributed by atoms with van der Waals surface area (Å²) in [7, 11) is -1.91. The van der Waals surface area contributed by atoms with E-state index in [0.29, 0.717) is 5.75 Å². The van der Waals surface area contributed by atoms with E-state index in [0.717, 1.165) is 6.26 Å². The highest BCUT2D eigenvalue weighted by Gasteiger charge is 2.07. The molecule has 0 heterocycles. The second kappa shape index (κ2) is 3.75. The molecule has 6 heteroatoms. The van der Waals surface area contributed by atoms with Gasteiger partial charge >= 0.3 is 0 Å². The third kappa shape index (κ3) is 2.81. The number of benzene rings is 1. The van der Waals surface area contributed by atoms with E-state index in [4.69, 9.17) is 4.74 Å². The van der Waals surface area contributed by atoms with Crippen LogP contribution in [0.4, 0.5) is 5.69 Å². The van der Waals surface area contributed by atoms with Crippen LogP contribution in [-0.2, 0) is 10.0 Å². The maximum absolute atomic E-state index is 10.9. The number of anilines is 1. The van der Waals surface area contributed by atoms with E-state index >= 15 is 0 Å². The number of sulfonamides is 1. The molecule has 0 aliphatic rings. The molecule has 0 bridgehead atoms. The Labute approximate surface area is 82.4 Å². The van der Waals surface area contributed by atoms with E-state index in [1.807, 2.05) is 0 Å². The summed E-state index contributed by atoms with van der Waals surface area (Å²) in [6, 6.07) is 4.30. The van der Waals surface area contributed by atoms with E-state index in [-0.39, 0.29) is 11.4 Å². The van der Waals surface area contributed by atoms with Gasteiger partial charge in [-0.15, -0.1) is 0 Å². The van der Waals surface area contributed by atoms with Crippen molar-refractivity contribution in [1.82, 2.24) is 0 Å². The molecule has 1 rings (SSSR count). The molecule has 0 amide bonds. The third-order valence-corrected chi connectivity index (χ3v) is 2.09. The van der Waals surface area contributed by atoms with Crippen LogP contribution in [-0.4, -0.2) is 26.9 Å². The van der Waals surface area contributed by atoms with Crippen molar-refractivity contribution in [1.29, 1.82) is 0 Å². The first kappa shape index (κ1) is 10.6. The number of aromatic hydroxyl groups is 1. The Morgan fingerprint density at radius 1 is 1.43 bits per heavy atom. The maximum atomic E-state index is 10.9. The number of hydrogen-bond acceptors (Lipinski definition) is 4. The molecule has 14 heavy (non-hydrogen) atoms. The summed E-state index contributed by atoms with van der Waals surface area (Å²) in [5, 5.41) is 9.38. The lowest BCUT2D eigenvalue weighted by Gasteiger charge is -2.07. The summed E-state index contributed by atoms with van der Waals surface area (Å²) in [6.07, 6.45) is 1.01. The Hall–Kier alpha value is -1.43. The van der Waals surface area contributed by atoms with E-state index < -0.39 is 10.0 Å². The Balaban J connectivity index is 3.01. The standard InChI is InChI=1S/C8H11NO4S/c1-13-6-3-4-7(8(10)5-6)9-14(2,11)12/h3-5,9-10H,1-2H3. The number of hydrogen-bond donors (Lipinski definition) is 2. The van der Waals surface area contributed by atoms with Crippen LogP contribution in [0.1, 0.15) is 0 Å². The Morgan fingerprint density at radius 3 is 2.50 bits per heavy atom. The van der Waals surface area contributed by atoms with Gasteiger partial charge in [-0.05, 0) is 12.1 Å². The summed E-state index contributed by atoms with van der Waals surface area (Å²) < 4.78 is 28.7. The van der Waals surface area contributed by atoms with Gasteiger partial charge in [0.25, 0.3) is 0 Å². The van der Waals surface area contributed by atoms with Crippen molar-refractivity contribution >= 4 is 15.7 Å². The van der Waals surface area contributed by atoms with Crippen molar-refractivity contribution in [2.24, 2.45) is 0 Å². The average molecular weight is 217 g/mol. The number of phenols is 1. The minimum absolute atomic E-state index is 0.133. The highest BCUT2D eigenvalue weighted by Crippen LogP contribution is 2.28. The zero-order chi connectivity index (χ0) is 10.8. The molecule has 0 aliphatic carbocycles. The van der Waals surface area contributed by atoms with Gasteiger partial charge in [-0.1, -0.05) is 0 Å². The van der Waals surface area contributed by atoms with Crippen molar-refractivity contribution in [3.05, 3.63) is 18.2 Å². The normalized spacial score (nSPS) is 11.0. The quantitative estimate of drug-likeness (QED) is 0.733. The molecule has 2 N–H and O–H groups in total. The second-order valence-electron chi connectivity index (χ2n) is 2.76. The van der Waals surface area contributed by atoms with Gasteiger partial charge in [0, 0.05) is 6.07 Å². The van der Waals surface area contributed by atoms with Crippen LogP contribution < -0.4 is 9.46 Å². The van der Waals surface area contributed by atoms with Crippen LogP contribution in [0.25, 0.3) is 0 Å². The molecule has 78 valence electrons. The van der Waals surface area contributed by atoms with Gasteiger partial charge in [0.05, 0.1) is 19.1 Å². The molecule has 0 aromatic heterocycles. The van der Waals surface area contributed by atoms with Crippen LogP contribution in [0.2, 0.25) is 0 Å². The maximum Gasteiger partial charge on any atom is 0.229 e. The zero-order valence-corrected chi connectivity index (χ0v) is 8.63. The molecule has 0 saturated carbocycles. The van der Waals surface area contributed by atoms with Crippen LogP contribution in [0.15, 0.2) is 18.2 Å². The third-order valence-electron chi connectivity index (χ3n) is 1.50. The van der Waals surface area contributed by atoms with Crippen LogP contribution >= 0.6 is 0 Å². The number of ether oxygens (including phenoxy) is 1. The number of rotatable bonds is 3. The fraction of sp³-hybridized carbons (Fsp3) is 0.250. The monoisotopic (exact) mass is 217 g/mol. The molecule has 0 fully saturated rings. The van der Waals surface area contributed by atoms with E-state index in [1.54, 1.807) is 6.07 Å². The largest absolute Gasteiger partial charge is 0.506 e. The lowest BCUT2D eigenvalue weighted by atomic mass is 10.3. The summed E-state index contributed by atoms with van der Waals surface area (Å²) in [6.45, 7) is 0. The van der Waals surface area contributed by atoms with E-state index in [2.05, 4.69) is 4.72 Å². The molecule has 5 nitrogen and oxygen atoms in total. The Morgan fingerprint density at radius 2 is 2.07 bits per heavy atom. The average Bonchev–Trinajstić information content (AvgIpc) is 2.06. The van der Waals surface area contributed by atoms with Gasteiger partial charge in [-0.2, -0.15) is 0 Å². The topological polar surface area (TPSA) is 75.6 Å². The molecule has 0 spiro atoms. The fourth-order valence-electron chi connectivity index (χ4n) is 0.924. The molecule has 1 aromatic rings. The van der Waals surface area contributed by atoms with Crippen molar-refractivity contribution in [3.8, 4) is 11.5 Å². The van der Waals surface area contributed by atoms with Crippen molar-refractivity contribution < 1.29 is 18.3 Å². The first-order valence-electron chi connectivity index (χ1n) is 3.77. The zero-order valence-electron chi connectivity index (χ0n) is 7.81. The number of phenolic OH excluding ortho intramolecular Hbond substituents is 1. The summed E-state index contributed by atoms with van der Waals surface area (Å²) >= 11 is 0. The molecule has 0 saturated heterocycles.